The van der Waals surface area contributed by atoms with Crippen LogP contribution in [0, 0.1) is 0 Å². The summed E-state index contributed by atoms with van der Waals surface area (Å²) in [6, 6.07) is 13.4. The van der Waals surface area contributed by atoms with Crippen molar-refractivity contribution in [3.63, 3.8) is 0 Å². The molecule has 4 rings (SSSR count). The summed E-state index contributed by atoms with van der Waals surface area (Å²) in [6.45, 7) is 0.323. The Hall–Kier alpha value is -1.91. The lowest BCUT2D eigenvalue weighted by molar-refractivity contribution is -0.00637. The molecule has 6 nitrogen and oxygen atoms in total. The Kier molecular flexibility index (Phi) is 6.45. The van der Waals surface area contributed by atoms with Crippen LogP contribution >= 0.6 is 43.2 Å². The summed E-state index contributed by atoms with van der Waals surface area (Å²) < 4.78 is 12.2. The van der Waals surface area contributed by atoms with Crippen molar-refractivity contribution in [2.45, 2.75) is 17.2 Å². The Morgan fingerprint density at radius 3 is 2.67 bits per heavy atom. The molecule has 0 spiro atoms. The van der Waals surface area contributed by atoms with E-state index in [2.05, 4.69) is 41.8 Å². The summed E-state index contributed by atoms with van der Waals surface area (Å²) in [5, 5.41) is 2.67. The first kappa shape index (κ1) is 21.3. The number of rotatable bonds is 6. The molecule has 30 heavy (non-hydrogen) atoms. The smallest absolute Gasteiger partial charge is 0.157 e. The molecule has 0 bridgehead atoms. The van der Waals surface area contributed by atoms with E-state index in [0.717, 1.165) is 20.9 Å². The zero-order valence-electron chi connectivity index (χ0n) is 16.0. The zero-order valence-corrected chi connectivity index (χ0v) is 19.9. The highest BCUT2D eigenvalue weighted by molar-refractivity contribution is 9.10. The second-order valence-electron chi connectivity index (χ2n) is 6.56. The van der Waals surface area contributed by atoms with Crippen molar-refractivity contribution in [3.05, 3.63) is 81.0 Å². The molecule has 0 radical (unpaired) electrons. The number of alkyl halides is 1. The van der Waals surface area contributed by atoms with E-state index in [1.807, 2.05) is 53.9 Å². The third-order valence-electron chi connectivity index (χ3n) is 4.52. The number of nitrogens with zero attached hydrogens (tertiary/aromatic N) is 3. The molecule has 2 unspecified atom stereocenters. The molecule has 9 heteroatoms. The van der Waals surface area contributed by atoms with Gasteiger partial charge in [-0.25, -0.2) is 15.0 Å². The molecule has 0 saturated heterocycles. The molecule has 0 amide bonds. The van der Waals surface area contributed by atoms with Crippen LogP contribution in [0.15, 0.2) is 69.7 Å². The summed E-state index contributed by atoms with van der Waals surface area (Å²) in [6.07, 6.45) is 3.56. The molecule has 3 heterocycles. The molecular weight excluding hydrogens is 532 g/mol. The van der Waals surface area contributed by atoms with Crippen molar-refractivity contribution in [3.8, 4) is 5.75 Å². The first-order valence-electron chi connectivity index (χ1n) is 9.02. The lowest BCUT2D eigenvalue weighted by atomic mass is 9.99. The average Bonchev–Trinajstić information content (AvgIpc) is 3.30. The largest absolute Gasteiger partial charge is 0.497 e. The van der Waals surface area contributed by atoms with Gasteiger partial charge in [0.05, 0.1) is 30.8 Å². The Morgan fingerprint density at radius 2 is 2.00 bits per heavy atom. The van der Waals surface area contributed by atoms with Crippen molar-refractivity contribution in [2.75, 3.05) is 7.11 Å². The Bertz CT molecular complexity index is 1090. The van der Waals surface area contributed by atoms with E-state index in [0.29, 0.717) is 23.7 Å². The number of nitrogens with two attached hydrogens (primary N) is 1. The number of thiazole rings is 1. The Labute approximate surface area is 195 Å². The van der Waals surface area contributed by atoms with Gasteiger partial charge in [-0.3, -0.25) is 5.73 Å². The van der Waals surface area contributed by atoms with E-state index >= 15 is 0 Å². The number of benzene rings is 1. The van der Waals surface area contributed by atoms with Gasteiger partial charge in [-0.1, -0.05) is 34.1 Å². The lowest BCUT2D eigenvalue weighted by Crippen LogP contribution is -2.54. The quantitative estimate of drug-likeness (QED) is 0.271. The van der Waals surface area contributed by atoms with E-state index in [-0.39, 0.29) is 0 Å². The fourth-order valence-electron chi connectivity index (χ4n) is 2.96. The summed E-state index contributed by atoms with van der Waals surface area (Å²) in [7, 11) is 1.64. The van der Waals surface area contributed by atoms with Gasteiger partial charge in [0.2, 0.25) is 0 Å². The standard InChI is InChI=1S/C21H18Br2N4O2S/c1-28-14-7-5-13(6-8-14)12-29-21(24)11-16(20-25-9-10-30-20)27-18(19(21)23)15-3-2-4-17(22)26-15/h2-11,19H,12,24H2,1H3. The van der Waals surface area contributed by atoms with Crippen LogP contribution in [0.4, 0.5) is 0 Å². The van der Waals surface area contributed by atoms with E-state index in [9.17, 15) is 0 Å². The molecule has 3 aromatic rings. The van der Waals surface area contributed by atoms with Crippen molar-refractivity contribution in [2.24, 2.45) is 10.7 Å². The third-order valence-corrected chi connectivity index (χ3v) is 6.90. The monoisotopic (exact) mass is 548 g/mol. The maximum absolute atomic E-state index is 6.76. The van der Waals surface area contributed by atoms with Crippen LogP contribution in [0.1, 0.15) is 16.3 Å². The Morgan fingerprint density at radius 1 is 1.20 bits per heavy atom. The van der Waals surface area contributed by atoms with Crippen LogP contribution in [-0.2, 0) is 11.3 Å². The van der Waals surface area contributed by atoms with E-state index in [1.165, 1.54) is 11.3 Å². The highest BCUT2D eigenvalue weighted by Crippen LogP contribution is 2.35. The normalized spacial score (nSPS) is 21.1. The molecule has 1 aromatic carbocycles. The number of pyridine rings is 1. The van der Waals surface area contributed by atoms with Crippen LogP contribution in [0.5, 0.6) is 5.75 Å². The van der Waals surface area contributed by atoms with Crippen LogP contribution in [0.3, 0.4) is 0 Å². The molecule has 2 atom stereocenters. The minimum atomic E-state index is -1.15. The fourth-order valence-corrected chi connectivity index (χ4v) is 4.50. The van der Waals surface area contributed by atoms with Crippen LogP contribution in [0.25, 0.3) is 5.70 Å². The third kappa shape index (κ3) is 4.55. The molecule has 2 aromatic heterocycles. The van der Waals surface area contributed by atoms with Gasteiger partial charge in [-0.15, -0.1) is 11.3 Å². The van der Waals surface area contributed by atoms with Crippen molar-refractivity contribution in [1.29, 1.82) is 0 Å². The Balaban J connectivity index is 1.67. The number of hydrogen-bond donors (Lipinski definition) is 1. The fraction of sp³-hybridized carbons (Fsp3) is 0.190. The van der Waals surface area contributed by atoms with Crippen LogP contribution in [0.2, 0.25) is 0 Å². The van der Waals surface area contributed by atoms with Crippen LogP contribution in [-0.4, -0.2) is 33.3 Å². The van der Waals surface area contributed by atoms with Gasteiger partial charge in [-0.05, 0) is 51.8 Å². The minimum absolute atomic E-state index is 0.323. The van der Waals surface area contributed by atoms with Gasteiger partial charge < -0.3 is 9.47 Å². The first-order chi connectivity index (χ1) is 14.5. The van der Waals surface area contributed by atoms with Crippen LogP contribution < -0.4 is 10.5 Å². The molecule has 154 valence electrons. The summed E-state index contributed by atoms with van der Waals surface area (Å²) in [5.41, 5.74) is 8.63. The van der Waals surface area contributed by atoms with E-state index < -0.39 is 10.6 Å². The summed E-state index contributed by atoms with van der Waals surface area (Å²) >= 11 is 8.63. The topological polar surface area (TPSA) is 82.6 Å². The predicted molar refractivity (Wildman–Crippen MR) is 126 cm³/mol. The molecule has 1 aliphatic rings. The summed E-state index contributed by atoms with van der Waals surface area (Å²) in [4.78, 5) is 13.3. The van der Waals surface area contributed by atoms with Gasteiger partial charge in [0.15, 0.2) is 5.72 Å². The van der Waals surface area contributed by atoms with Gasteiger partial charge in [0, 0.05) is 11.6 Å². The van der Waals surface area contributed by atoms with Gasteiger partial charge in [-0.2, -0.15) is 0 Å². The first-order valence-corrected chi connectivity index (χ1v) is 11.6. The molecular formula is C21H18Br2N4O2S. The van der Waals surface area contributed by atoms with Gasteiger partial charge in [0.1, 0.15) is 20.2 Å². The van der Waals surface area contributed by atoms with Crippen molar-refractivity contribution >= 4 is 54.6 Å². The molecule has 2 N–H and O–H groups in total. The van der Waals surface area contributed by atoms with E-state index in [4.69, 9.17) is 20.2 Å². The molecule has 0 aliphatic carbocycles. The predicted octanol–water partition coefficient (Wildman–Crippen LogP) is 4.79. The number of ether oxygens (including phenoxy) is 2. The van der Waals surface area contributed by atoms with Gasteiger partial charge >= 0.3 is 0 Å². The van der Waals surface area contributed by atoms with Crippen molar-refractivity contribution < 1.29 is 9.47 Å². The zero-order chi connectivity index (χ0) is 21.1. The second-order valence-corrected chi connectivity index (χ2v) is 9.19. The molecule has 0 fully saturated rings. The SMILES string of the molecule is COc1ccc(COC2(N)C=C(c3nccs3)N=C(c3cccc(Br)n3)C2Br)cc1. The summed E-state index contributed by atoms with van der Waals surface area (Å²) in [5.74, 6) is 0.790. The lowest BCUT2D eigenvalue weighted by Gasteiger charge is -2.35. The molecule has 0 saturated carbocycles. The maximum Gasteiger partial charge on any atom is 0.157 e. The number of methoxy groups -OCH3 is 1. The number of aliphatic imine (C=N–C) groups is 1. The number of aromatic nitrogens is 2. The average molecular weight is 550 g/mol. The van der Waals surface area contributed by atoms with Crippen molar-refractivity contribution in [1.82, 2.24) is 9.97 Å². The maximum atomic E-state index is 6.76. The highest BCUT2D eigenvalue weighted by atomic mass is 79.9. The minimum Gasteiger partial charge on any atom is -0.497 e. The van der Waals surface area contributed by atoms with Gasteiger partial charge in [0.25, 0.3) is 0 Å². The highest BCUT2D eigenvalue weighted by Gasteiger charge is 2.41. The van der Waals surface area contributed by atoms with E-state index in [1.54, 1.807) is 13.3 Å². The second kappa shape index (κ2) is 9.07. The number of hydrogen-bond acceptors (Lipinski definition) is 7. The molecule has 1 aliphatic heterocycles. The number of halogens is 2.